The zero-order valence-corrected chi connectivity index (χ0v) is 18.7. The summed E-state index contributed by atoms with van der Waals surface area (Å²) in [6.07, 6.45) is 0.897. The maximum Gasteiger partial charge on any atom is 0.325 e. The molecule has 0 radical (unpaired) electrons. The molecule has 156 valence electrons. The van der Waals surface area contributed by atoms with E-state index >= 15 is 0 Å². The van der Waals surface area contributed by atoms with Gasteiger partial charge in [0.15, 0.2) is 11.3 Å². The summed E-state index contributed by atoms with van der Waals surface area (Å²) in [4.78, 5) is 41.6. The lowest BCUT2D eigenvalue weighted by atomic mass is 10.0. The average Bonchev–Trinajstić information content (AvgIpc) is 3.48. The van der Waals surface area contributed by atoms with Crippen LogP contribution in [0, 0.1) is 13.8 Å². The first kappa shape index (κ1) is 20.6. The number of hydrogen-bond donors (Lipinski definition) is 1. The molecule has 1 aliphatic rings. The summed E-state index contributed by atoms with van der Waals surface area (Å²) < 4.78 is 2.12. The molecule has 0 saturated carbocycles. The minimum atomic E-state index is -1.12. The lowest BCUT2D eigenvalue weighted by molar-refractivity contribution is -0.130. The van der Waals surface area contributed by atoms with E-state index in [4.69, 9.17) is 0 Å². The first-order valence-corrected chi connectivity index (χ1v) is 11.5. The molecule has 1 aliphatic heterocycles. The molecule has 3 aromatic rings. The summed E-state index contributed by atoms with van der Waals surface area (Å²) >= 11 is 3.12. The second kappa shape index (κ2) is 7.85. The topological polar surface area (TPSA) is 71.4 Å². The Morgan fingerprint density at radius 1 is 1.13 bits per heavy atom. The smallest absolute Gasteiger partial charge is 0.325 e. The number of amides is 3. The summed E-state index contributed by atoms with van der Waals surface area (Å²) in [5.41, 5.74) is 1.29. The zero-order valence-electron chi connectivity index (χ0n) is 17.1. The number of aryl methyl sites for hydroxylation is 2. The minimum Gasteiger partial charge on any atom is -0.348 e. The molecule has 1 atom stereocenters. The van der Waals surface area contributed by atoms with Crippen LogP contribution in [0.3, 0.4) is 0 Å². The van der Waals surface area contributed by atoms with Gasteiger partial charge >= 0.3 is 6.03 Å². The van der Waals surface area contributed by atoms with Gasteiger partial charge in [0, 0.05) is 33.3 Å². The van der Waals surface area contributed by atoms with Crippen molar-refractivity contribution in [2.75, 3.05) is 6.54 Å². The molecule has 1 saturated heterocycles. The Hall–Kier alpha value is -2.71. The number of carbonyl (C=O) groups is 3. The number of ketones is 1. The fourth-order valence-electron chi connectivity index (χ4n) is 3.90. The van der Waals surface area contributed by atoms with Crippen LogP contribution in [0.1, 0.15) is 38.4 Å². The fraction of sp³-hybridized carbons (Fsp3) is 0.318. The number of carbonyl (C=O) groups excluding carboxylic acids is 3. The highest BCUT2D eigenvalue weighted by atomic mass is 32.1. The molecule has 30 heavy (non-hydrogen) atoms. The van der Waals surface area contributed by atoms with Crippen molar-refractivity contribution in [3.05, 3.63) is 67.8 Å². The number of aromatic nitrogens is 1. The van der Waals surface area contributed by atoms with Crippen LogP contribution in [0.2, 0.25) is 0 Å². The molecule has 0 aliphatic carbocycles. The van der Waals surface area contributed by atoms with Crippen LogP contribution in [-0.4, -0.2) is 33.7 Å². The van der Waals surface area contributed by atoms with Crippen LogP contribution < -0.4 is 5.32 Å². The van der Waals surface area contributed by atoms with Crippen molar-refractivity contribution in [1.82, 2.24) is 14.8 Å². The van der Waals surface area contributed by atoms with Crippen LogP contribution in [0.4, 0.5) is 4.79 Å². The van der Waals surface area contributed by atoms with E-state index in [1.807, 2.05) is 43.5 Å². The van der Waals surface area contributed by atoms with Gasteiger partial charge in [-0.15, -0.1) is 22.7 Å². The molecule has 0 bridgehead atoms. The number of rotatable bonds is 7. The van der Waals surface area contributed by atoms with Crippen molar-refractivity contribution in [3.8, 4) is 0 Å². The molecule has 0 spiro atoms. The maximum atomic E-state index is 13.0. The summed E-state index contributed by atoms with van der Waals surface area (Å²) in [6, 6.07) is 9.11. The fourth-order valence-corrected chi connectivity index (χ4v) is 5.44. The third-order valence-electron chi connectivity index (χ3n) is 5.63. The summed E-state index contributed by atoms with van der Waals surface area (Å²) in [5.74, 6) is -0.626. The van der Waals surface area contributed by atoms with Crippen LogP contribution in [-0.2, 0) is 23.3 Å². The molecule has 4 heterocycles. The Morgan fingerprint density at radius 2 is 1.87 bits per heavy atom. The molecule has 3 amide bonds. The van der Waals surface area contributed by atoms with E-state index in [9.17, 15) is 14.4 Å². The molecule has 6 nitrogen and oxygen atoms in total. The Labute approximate surface area is 183 Å². The number of Topliss-reactive ketones (excluding diaryl/α,β-unsaturated/α-hetero) is 1. The summed E-state index contributed by atoms with van der Waals surface area (Å²) in [7, 11) is 0. The first-order chi connectivity index (χ1) is 14.3. The van der Waals surface area contributed by atoms with Gasteiger partial charge in [-0.1, -0.05) is 12.1 Å². The molecule has 3 aromatic heterocycles. The minimum absolute atomic E-state index is 0.232. The maximum absolute atomic E-state index is 13.0. The van der Waals surface area contributed by atoms with E-state index in [0.29, 0.717) is 5.56 Å². The Kier molecular flexibility index (Phi) is 5.38. The van der Waals surface area contributed by atoms with E-state index in [-0.39, 0.29) is 12.3 Å². The highest BCUT2D eigenvalue weighted by molar-refractivity contribution is 7.10. The molecule has 1 fully saturated rings. The van der Waals surface area contributed by atoms with Crippen molar-refractivity contribution in [2.24, 2.45) is 0 Å². The predicted molar refractivity (Wildman–Crippen MR) is 118 cm³/mol. The molecule has 1 unspecified atom stereocenters. The predicted octanol–water partition coefficient (Wildman–Crippen LogP) is 4.12. The molecule has 0 aromatic carbocycles. The SMILES string of the molecule is Cc1cc(C(=O)CN2C(=O)NC(C)(c3cccs3)C2=O)c(C)n1CCc1cccs1. The number of imide groups is 1. The normalized spacial score (nSPS) is 18.8. The van der Waals surface area contributed by atoms with Gasteiger partial charge in [0.2, 0.25) is 0 Å². The highest BCUT2D eigenvalue weighted by Gasteiger charge is 2.50. The van der Waals surface area contributed by atoms with E-state index in [1.165, 1.54) is 16.2 Å². The lowest BCUT2D eigenvalue weighted by Gasteiger charge is -2.19. The van der Waals surface area contributed by atoms with Crippen molar-refractivity contribution < 1.29 is 14.4 Å². The van der Waals surface area contributed by atoms with Crippen LogP contribution in [0.5, 0.6) is 0 Å². The Bertz CT molecular complexity index is 1100. The number of hydrogen-bond acceptors (Lipinski definition) is 5. The number of nitrogens with zero attached hydrogens (tertiary/aromatic N) is 2. The van der Waals surface area contributed by atoms with Gasteiger partial charge < -0.3 is 9.88 Å². The van der Waals surface area contributed by atoms with Gasteiger partial charge in [-0.25, -0.2) is 4.79 Å². The van der Waals surface area contributed by atoms with Gasteiger partial charge in [-0.3, -0.25) is 14.5 Å². The molecule has 1 N–H and O–H groups in total. The average molecular weight is 442 g/mol. The third kappa shape index (κ3) is 3.50. The van der Waals surface area contributed by atoms with E-state index in [2.05, 4.69) is 21.3 Å². The van der Waals surface area contributed by atoms with Crippen molar-refractivity contribution in [2.45, 2.75) is 39.3 Å². The van der Waals surface area contributed by atoms with Crippen molar-refractivity contribution >= 4 is 40.4 Å². The van der Waals surface area contributed by atoms with E-state index < -0.39 is 17.5 Å². The Balaban J connectivity index is 1.51. The van der Waals surface area contributed by atoms with Gasteiger partial charge in [0.05, 0.1) is 6.54 Å². The second-order valence-corrected chi connectivity index (χ2v) is 9.59. The number of thiophene rings is 2. The molecular weight excluding hydrogens is 418 g/mol. The van der Waals surface area contributed by atoms with Crippen LogP contribution >= 0.6 is 22.7 Å². The van der Waals surface area contributed by atoms with Crippen molar-refractivity contribution in [1.29, 1.82) is 0 Å². The quantitative estimate of drug-likeness (QED) is 0.443. The first-order valence-electron chi connectivity index (χ1n) is 9.71. The van der Waals surface area contributed by atoms with Gasteiger partial charge in [0.25, 0.3) is 5.91 Å². The highest BCUT2D eigenvalue weighted by Crippen LogP contribution is 2.32. The zero-order chi connectivity index (χ0) is 21.5. The third-order valence-corrected chi connectivity index (χ3v) is 7.65. The van der Waals surface area contributed by atoms with Gasteiger partial charge in [-0.2, -0.15) is 0 Å². The molecular formula is C22H23N3O3S2. The molecule has 8 heteroatoms. The molecule has 4 rings (SSSR count). The number of nitrogens with one attached hydrogen (secondary N) is 1. The van der Waals surface area contributed by atoms with Gasteiger partial charge in [0.1, 0.15) is 0 Å². The lowest BCUT2D eigenvalue weighted by Crippen LogP contribution is -2.40. The monoisotopic (exact) mass is 441 g/mol. The van der Waals surface area contributed by atoms with E-state index in [0.717, 1.165) is 34.1 Å². The number of urea groups is 1. The van der Waals surface area contributed by atoms with Crippen molar-refractivity contribution in [3.63, 3.8) is 0 Å². The summed E-state index contributed by atoms with van der Waals surface area (Å²) in [5, 5.41) is 6.67. The van der Waals surface area contributed by atoms with Gasteiger partial charge in [-0.05, 0) is 56.2 Å². The summed E-state index contributed by atoms with van der Waals surface area (Å²) in [6.45, 7) is 6.09. The van der Waals surface area contributed by atoms with Crippen LogP contribution in [0.25, 0.3) is 0 Å². The largest absolute Gasteiger partial charge is 0.348 e. The standard InChI is InChI=1S/C22H23N3O3S2/c1-14-12-17(15(2)24(14)9-8-16-6-4-10-29-16)18(26)13-25-20(27)22(3,23-21(25)28)19-7-5-11-30-19/h4-7,10-12H,8-9,13H2,1-3H3,(H,23,28). The van der Waals surface area contributed by atoms with Crippen LogP contribution in [0.15, 0.2) is 41.1 Å². The Morgan fingerprint density at radius 3 is 2.53 bits per heavy atom. The van der Waals surface area contributed by atoms with E-state index in [1.54, 1.807) is 18.3 Å². The second-order valence-electron chi connectivity index (χ2n) is 7.61.